The fourth-order valence-electron chi connectivity index (χ4n) is 3.40. The SMILES string of the molecule is COc1ccc(CCNc2ccnc(N3CCN(c4ccccn4)CC3)n2)cc1. The zero-order valence-electron chi connectivity index (χ0n) is 16.7. The molecule has 29 heavy (non-hydrogen) atoms. The van der Waals surface area contributed by atoms with Gasteiger partial charge in [-0.3, -0.25) is 0 Å². The maximum Gasteiger partial charge on any atom is 0.227 e. The number of pyridine rings is 1. The standard InChI is InChI=1S/C22H26N6O/c1-29-19-7-5-18(6-8-19)9-12-23-20-10-13-25-22(26-20)28-16-14-27(15-17-28)21-4-2-3-11-24-21/h2-8,10-11,13H,9,12,14-17H2,1H3,(H,23,25,26). The molecule has 1 aromatic carbocycles. The Bertz CT molecular complexity index is 895. The van der Waals surface area contributed by atoms with Crippen LogP contribution < -0.4 is 19.9 Å². The zero-order valence-corrected chi connectivity index (χ0v) is 16.7. The first-order valence-corrected chi connectivity index (χ1v) is 9.92. The molecule has 4 rings (SSSR count). The minimum absolute atomic E-state index is 0.778. The molecular weight excluding hydrogens is 364 g/mol. The second-order valence-corrected chi connectivity index (χ2v) is 6.93. The van der Waals surface area contributed by atoms with Crippen LogP contribution in [0, 0.1) is 0 Å². The summed E-state index contributed by atoms with van der Waals surface area (Å²) in [7, 11) is 1.68. The number of piperazine rings is 1. The number of anilines is 3. The predicted octanol–water partition coefficient (Wildman–Crippen LogP) is 2.86. The Hall–Kier alpha value is -3.35. The van der Waals surface area contributed by atoms with Gasteiger partial charge in [0, 0.05) is 45.1 Å². The molecule has 0 atom stereocenters. The summed E-state index contributed by atoms with van der Waals surface area (Å²) < 4.78 is 5.20. The molecule has 1 fully saturated rings. The van der Waals surface area contributed by atoms with E-state index >= 15 is 0 Å². The van der Waals surface area contributed by atoms with Crippen molar-refractivity contribution in [3.63, 3.8) is 0 Å². The molecule has 150 valence electrons. The summed E-state index contributed by atoms with van der Waals surface area (Å²) >= 11 is 0. The van der Waals surface area contributed by atoms with Gasteiger partial charge in [0.1, 0.15) is 17.4 Å². The van der Waals surface area contributed by atoms with Crippen molar-refractivity contribution in [2.45, 2.75) is 6.42 Å². The van der Waals surface area contributed by atoms with E-state index in [-0.39, 0.29) is 0 Å². The molecule has 1 N–H and O–H groups in total. The van der Waals surface area contributed by atoms with Crippen molar-refractivity contribution < 1.29 is 4.74 Å². The Kier molecular flexibility index (Phi) is 6.04. The highest BCUT2D eigenvalue weighted by Crippen LogP contribution is 2.17. The fourth-order valence-corrected chi connectivity index (χ4v) is 3.40. The number of benzene rings is 1. The van der Waals surface area contributed by atoms with Crippen LogP contribution in [0.25, 0.3) is 0 Å². The van der Waals surface area contributed by atoms with Gasteiger partial charge in [0.05, 0.1) is 7.11 Å². The Balaban J connectivity index is 1.29. The molecule has 3 heterocycles. The largest absolute Gasteiger partial charge is 0.497 e. The highest BCUT2D eigenvalue weighted by atomic mass is 16.5. The molecule has 0 unspecified atom stereocenters. The molecule has 0 spiro atoms. The van der Waals surface area contributed by atoms with E-state index in [9.17, 15) is 0 Å². The quantitative estimate of drug-likeness (QED) is 0.665. The van der Waals surface area contributed by atoms with Gasteiger partial charge in [0.15, 0.2) is 0 Å². The molecule has 0 amide bonds. The summed E-state index contributed by atoms with van der Waals surface area (Å²) in [6, 6.07) is 16.1. The van der Waals surface area contributed by atoms with Crippen LogP contribution in [0.5, 0.6) is 5.75 Å². The third kappa shape index (κ3) is 4.93. The summed E-state index contributed by atoms with van der Waals surface area (Å²) in [6.45, 7) is 4.40. The van der Waals surface area contributed by atoms with Gasteiger partial charge < -0.3 is 19.9 Å². The van der Waals surface area contributed by atoms with E-state index in [4.69, 9.17) is 9.72 Å². The van der Waals surface area contributed by atoms with E-state index in [2.05, 4.69) is 43.3 Å². The van der Waals surface area contributed by atoms with Crippen molar-refractivity contribution in [2.24, 2.45) is 0 Å². The number of aromatic nitrogens is 3. The average molecular weight is 390 g/mol. The number of nitrogens with one attached hydrogen (secondary N) is 1. The lowest BCUT2D eigenvalue weighted by Gasteiger charge is -2.35. The Labute approximate surface area is 171 Å². The second-order valence-electron chi connectivity index (χ2n) is 6.93. The van der Waals surface area contributed by atoms with Gasteiger partial charge in [-0.15, -0.1) is 0 Å². The van der Waals surface area contributed by atoms with Gasteiger partial charge in [-0.2, -0.15) is 4.98 Å². The minimum Gasteiger partial charge on any atom is -0.497 e. The van der Waals surface area contributed by atoms with Crippen molar-refractivity contribution in [3.8, 4) is 5.75 Å². The molecule has 1 saturated heterocycles. The van der Waals surface area contributed by atoms with Crippen molar-refractivity contribution in [1.29, 1.82) is 0 Å². The third-order valence-electron chi connectivity index (χ3n) is 5.06. The van der Waals surface area contributed by atoms with Crippen LogP contribution in [0.2, 0.25) is 0 Å². The average Bonchev–Trinajstić information content (AvgIpc) is 2.80. The first-order valence-electron chi connectivity index (χ1n) is 9.92. The summed E-state index contributed by atoms with van der Waals surface area (Å²) in [4.78, 5) is 18.1. The van der Waals surface area contributed by atoms with Gasteiger partial charge in [0.2, 0.25) is 5.95 Å². The van der Waals surface area contributed by atoms with E-state index < -0.39 is 0 Å². The third-order valence-corrected chi connectivity index (χ3v) is 5.06. The number of methoxy groups -OCH3 is 1. The van der Waals surface area contributed by atoms with Gasteiger partial charge in [0.25, 0.3) is 0 Å². The summed E-state index contributed by atoms with van der Waals surface area (Å²) in [5.41, 5.74) is 1.26. The molecule has 0 aliphatic carbocycles. The van der Waals surface area contributed by atoms with E-state index in [0.717, 1.165) is 62.5 Å². The number of rotatable bonds is 7. The summed E-state index contributed by atoms with van der Waals surface area (Å²) in [5, 5.41) is 3.41. The minimum atomic E-state index is 0.778. The van der Waals surface area contributed by atoms with Crippen molar-refractivity contribution in [3.05, 3.63) is 66.5 Å². The van der Waals surface area contributed by atoms with Crippen LogP contribution in [0.4, 0.5) is 17.6 Å². The summed E-state index contributed by atoms with van der Waals surface area (Å²) in [6.07, 6.45) is 4.58. The Morgan fingerprint density at radius 3 is 2.41 bits per heavy atom. The van der Waals surface area contributed by atoms with Gasteiger partial charge in [-0.1, -0.05) is 18.2 Å². The zero-order chi connectivity index (χ0) is 19.9. The van der Waals surface area contributed by atoms with Crippen molar-refractivity contribution >= 4 is 17.6 Å². The van der Waals surface area contributed by atoms with E-state index in [1.807, 2.05) is 42.7 Å². The Morgan fingerprint density at radius 2 is 1.69 bits per heavy atom. The highest BCUT2D eigenvalue weighted by Gasteiger charge is 2.19. The molecule has 2 aromatic heterocycles. The molecule has 0 radical (unpaired) electrons. The number of ether oxygens (including phenoxy) is 1. The number of hydrogen-bond donors (Lipinski definition) is 1. The van der Waals surface area contributed by atoms with Crippen LogP contribution in [0.1, 0.15) is 5.56 Å². The predicted molar refractivity (Wildman–Crippen MR) is 116 cm³/mol. The molecule has 7 nitrogen and oxygen atoms in total. The molecular formula is C22H26N6O. The molecule has 1 aliphatic rings. The Morgan fingerprint density at radius 1 is 0.897 bits per heavy atom. The van der Waals surface area contributed by atoms with Crippen LogP contribution in [0.15, 0.2) is 60.9 Å². The van der Waals surface area contributed by atoms with E-state index in [1.165, 1.54) is 5.56 Å². The number of hydrogen-bond acceptors (Lipinski definition) is 7. The van der Waals surface area contributed by atoms with Crippen LogP contribution in [-0.2, 0) is 6.42 Å². The lowest BCUT2D eigenvalue weighted by molar-refractivity contribution is 0.414. The van der Waals surface area contributed by atoms with E-state index in [0.29, 0.717) is 0 Å². The molecule has 0 saturated carbocycles. The van der Waals surface area contributed by atoms with Crippen LogP contribution >= 0.6 is 0 Å². The van der Waals surface area contributed by atoms with Crippen molar-refractivity contribution in [2.75, 3.05) is 55.0 Å². The topological polar surface area (TPSA) is 66.4 Å². The van der Waals surface area contributed by atoms with Gasteiger partial charge in [-0.05, 0) is 42.3 Å². The molecule has 1 aliphatic heterocycles. The molecule has 7 heteroatoms. The molecule has 0 bridgehead atoms. The maximum absolute atomic E-state index is 5.20. The fraction of sp³-hybridized carbons (Fsp3) is 0.318. The first kappa shape index (κ1) is 19.0. The monoisotopic (exact) mass is 390 g/mol. The van der Waals surface area contributed by atoms with Crippen LogP contribution in [0.3, 0.4) is 0 Å². The highest BCUT2D eigenvalue weighted by molar-refractivity contribution is 5.45. The van der Waals surface area contributed by atoms with E-state index in [1.54, 1.807) is 7.11 Å². The first-order chi connectivity index (χ1) is 14.3. The van der Waals surface area contributed by atoms with Gasteiger partial charge >= 0.3 is 0 Å². The van der Waals surface area contributed by atoms with Crippen LogP contribution in [-0.4, -0.2) is 54.8 Å². The van der Waals surface area contributed by atoms with Gasteiger partial charge in [-0.25, -0.2) is 9.97 Å². The number of nitrogens with zero attached hydrogens (tertiary/aromatic N) is 5. The van der Waals surface area contributed by atoms with Crippen molar-refractivity contribution in [1.82, 2.24) is 15.0 Å². The maximum atomic E-state index is 5.20. The lowest BCUT2D eigenvalue weighted by atomic mass is 10.1. The smallest absolute Gasteiger partial charge is 0.227 e. The lowest BCUT2D eigenvalue weighted by Crippen LogP contribution is -2.47. The molecule has 3 aromatic rings. The normalized spacial score (nSPS) is 14.0. The second kappa shape index (κ2) is 9.23. The summed E-state index contributed by atoms with van der Waals surface area (Å²) in [5.74, 6) is 3.54.